The van der Waals surface area contributed by atoms with Gasteiger partial charge in [0.05, 0.1) is 6.54 Å². The van der Waals surface area contributed by atoms with Gasteiger partial charge in [-0.2, -0.15) is 0 Å². The number of hydrogen-bond acceptors (Lipinski definition) is 3. The third kappa shape index (κ3) is 4.37. The first-order valence-electron chi connectivity index (χ1n) is 6.43. The summed E-state index contributed by atoms with van der Waals surface area (Å²) in [6.45, 7) is 2.01. The average molecular weight is 247 g/mol. The van der Waals surface area contributed by atoms with Crippen molar-refractivity contribution in [3.8, 4) is 0 Å². The molecule has 0 spiro atoms. The minimum absolute atomic E-state index is 0.105. The van der Waals surface area contributed by atoms with E-state index in [2.05, 4.69) is 5.32 Å². The number of likely N-dealkylation sites (N-methyl/N-ethyl adjacent to an activating group) is 1. The Labute approximate surface area is 108 Å². The number of nitrogen functional groups attached to an aromatic ring is 1. The average Bonchev–Trinajstić information content (AvgIpc) is 3.09. The number of nitrogens with zero attached hydrogens (tertiary/aromatic N) is 1. The highest BCUT2D eigenvalue weighted by Crippen LogP contribution is 2.27. The van der Waals surface area contributed by atoms with Crippen molar-refractivity contribution in [1.29, 1.82) is 0 Å². The van der Waals surface area contributed by atoms with E-state index in [4.69, 9.17) is 5.73 Å². The highest BCUT2D eigenvalue weighted by molar-refractivity contribution is 5.78. The molecule has 3 N–H and O–H groups in total. The minimum Gasteiger partial charge on any atom is -0.399 e. The van der Waals surface area contributed by atoms with Gasteiger partial charge in [-0.1, -0.05) is 12.1 Å². The lowest BCUT2D eigenvalue weighted by molar-refractivity contribution is -0.122. The maximum absolute atomic E-state index is 11.7. The standard InChI is InChI=1S/C14H21N3O/c1-17(9-12-3-2-4-13(15)7-12)10-14(18)16-8-11-5-6-11/h2-4,7,11H,5-6,8-10,15H2,1H3,(H,16,18). The zero-order chi connectivity index (χ0) is 13.0. The van der Waals surface area contributed by atoms with Crippen LogP contribution in [0.2, 0.25) is 0 Å². The molecule has 1 fully saturated rings. The van der Waals surface area contributed by atoms with Gasteiger partial charge in [-0.3, -0.25) is 9.69 Å². The molecule has 4 heteroatoms. The number of carbonyl (C=O) groups is 1. The van der Waals surface area contributed by atoms with E-state index in [1.54, 1.807) is 0 Å². The maximum atomic E-state index is 11.7. The fourth-order valence-corrected chi connectivity index (χ4v) is 1.94. The third-order valence-corrected chi connectivity index (χ3v) is 3.10. The largest absolute Gasteiger partial charge is 0.399 e. The summed E-state index contributed by atoms with van der Waals surface area (Å²) >= 11 is 0. The third-order valence-electron chi connectivity index (χ3n) is 3.10. The van der Waals surface area contributed by atoms with Gasteiger partial charge in [0.2, 0.25) is 5.91 Å². The molecule has 1 amide bonds. The summed E-state index contributed by atoms with van der Waals surface area (Å²) in [5.41, 5.74) is 7.62. The van der Waals surface area contributed by atoms with Crippen LogP contribution in [-0.2, 0) is 11.3 Å². The fraction of sp³-hybridized carbons (Fsp3) is 0.500. The summed E-state index contributed by atoms with van der Waals surface area (Å²) in [6.07, 6.45) is 2.53. The van der Waals surface area contributed by atoms with E-state index in [1.807, 2.05) is 36.2 Å². The summed E-state index contributed by atoms with van der Waals surface area (Å²) in [5, 5.41) is 2.97. The predicted molar refractivity (Wildman–Crippen MR) is 72.9 cm³/mol. The molecule has 0 heterocycles. The van der Waals surface area contributed by atoms with Crippen molar-refractivity contribution < 1.29 is 4.79 Å². The number of nitrogens with two attached hydrogens (primary N) is 1. The number of hydrogen-bond donors (Lipinski definition) is 2. The van der Waals surface area contributed by atoms with Gasteiger partial charge in [0.15, 0.2) is 0 Å². The second kappa shape index (κ2) is 5.87. The molecular weight excluding hydrogens is 226 g/mol. The van der Waals surface area contributed by atoms with E-state index in [0.717, 1.165) is 30.3 Å². The Morgan fingerprint density at radius 3 is 2.94 bits per heavy atom. The van der Waals surface area contributed by atoms with Crippen molar-refractivity contribution >= 4 is 11.6 Å². The maximum Gasteiger partial charge on any atom is 0.234 e. The molecule has 0 aromatic heterocycles. The Hall–Kier alpha value is -1.55. The molecule has 0 bridgehead atoms. The lowest BCUT2D eigenvalue weighted by Gasteiger charge is -2.16. The number of amides is 1. The molecule has 18 heavy (non-hydrogen) atoms. The Balaban J connectivity index is 1.73. The minimum atomic E-state index is 0.105. The van der Waals surface area contributed by atoms with E-state index in [9.17, 15) is 4.79 Å². The van der Waals surface area contributed by atoms with Gasteiger partial charge >= 0.3 is 0 Å². The van der Waals surface area contributed by atoms with Crippen molar-refractivity contribution in [2.45, 2.75) is 19.4 Å². The second-order valence-corrected chi connectivity index (χ2v) is 5.16. The number of benzene rings is 1. The summed E-state index contributed by atoms with van der Waals surface area (Å²) in [4.78, 5) is 13.7. The number of anilines is 1. The topological polar surface area (TPSA) is 58.4 Å². The molecule has 0 atom stereocenters. The van der Waals surface area contributed by atoms with Gasteiger partial charge in [0, 0.05) is 18.8 Å². The zero-order valence-corrected chi connectivity index (χ0v) is 10.9. The molecule has 1 saturated carbocycles. The van der Waals surface area contributed by atoms with Crippen LogP contribution in [0.5, 0.6) is 0 Å². The van der Waals surface area contributed by atoms with Crippen molar-refractivity contribution in [2.24, 2.45) is 5.92 Å². The van der Waals surface area contributed by atoms with Crippen LogP contribution < -0.4 is 11.1 Å². The van der Waals surface area contributed by atoms with Crippen LogP contribution >= 0.6 is 0 Å². The highest BCUT2D eigenvalue weighted by atomic mass is 16.2. The molecule has 2 rings (SSSR count). The number of carbonyl (C=O) groups excluding carboxylic acids is 1. The Morgan fingerprint density at radius 2 is 2.28 bits per heavy atom. The smallest absolute Gasteiger partial charge is 0.234 e. The quantitative estimate of drug-likeness (QED) is 0.743. The van der Waals surface area contributed by atoms with Gasteiger partial charge in [0.25, 0.3) is 0 Å². The Morgan fingerprint density at radius 1 is 1.50 bits per heavy atom. The van der Waals surface area contributed by atoms with Crippen LogP contribution in [0.15, 0.2) is 24.3 Å². The molecule has 0 unspecified atom stereocenters. The van der Waals surface area contributed by atoms with Gasteiger partial charge < -0.3 is 11.1 Å². The molecule has 0 aliphatic heterocycles. The highest BCUT2D eigenvalue weighted by Gasteiger charge is 2.21. The molecule has 1 aliphatic carbocycles. The van der Waals surface area contributed by atoms with Gasteiger partial charge in [-0.25, -0.2) is 0 Å². The lowest BCUT2D eigenvalue weighted by Crippen LogP contribution is -2.35. The van der Waals surface area contributed by atoms with Crippen molar-refractivity contribution in [3.63, 3.8) is 0 Å². The molecule has 1 aliphatic rings. The number of rotatable bonds is 6. The molecular formula is C14H21N3O. The second-order valence-electron chi connectivity index (χ2n) is 5.16. The first-order valence-corrected chi connectivity index (χ1v) is 6.43. The fourth-order valence-electron chi connectivity index (χ4n) is 1.94. The van der Waals surface area contributed by atoms with Crippen LogP contribution in [0.4, 0.5) is 5.69 Å². The summed E-state index contributed by atoms with van der Waals surface area (Å²) < 4.78 is 0. The van der Waals surface area contributed by atoms with Crippen LogP contribution in [0.1, 0.15) is 18.4 Å². The van der Waals surface area contributed by atoms with Crippen LogP contribution in [-0.4, -0.2) is 30.9 Å². The molecule has 1 aromatic rings. The van der Waals surface area contributed by atoms with Gasteiger partial charge in [-0.15, -0.1) is 0 Å². The molecule has 98 valence electrons. The van der Waals surface area contributed by atoms with E-state index in [-0.39, 0.29) is 5.91 Å². The van der Waals surface area contributed by atoms with Gasteiger partial charge in [-0.05, 0) is 43.5 Å². The monoisotopic (exact) mass is 247 g/mol. The normalized spacial score (nSPS) is 14.8. The molecule has 4 nitrogen and oxygen atoms in total. The van der Waals surface area contributed by atoms with Crippen LogP contribution in [0, 0.1) is 5.92 Å². The van der Waals surface area contributed by atoms with E-state index in [1.165, 1.54) is 12.8 Å². The summed E-state index contributed by atoms with van der Waals surface area (Å²) in [7, 11) is 1.94. The Bertz CT molecular complexity index is 415. The molecule has 1 aromatic carbocycles. The summed E-state index contributed by atoms with van der Waals surface area (Å²) in [6, 6.07) is 7.77. The van der Waals surface area contributed by atoms with Crippen LogP contribution in [0.3, 0.4) is 0 Å². The first-order chi connectivity index (χ1) is 8.63. The van der Waals surface area contributed by atoms with E-state index in [0.29, 0.717) is 6.54 Å². The molecule has 0 radical (unpaired) electrons. The predicted octanol–water partition coefficient (Wildman–Crippen LogP) is 1.23. The summed E-state index contributed by atoms with van der Waals surface area (Å²) in [5.74, 6) is 0.835. The van der Waals surface area contributed by atoms with Crippen molar-refractivity contribution in [2.75, 3.05) is 25.9 Å². The van der Waals surface area contributed by atoms with E-state index >= 15 is 0 Å². The SMILES string of the molecule is CN(CC(=O)NCC1CC1)Cc1cccc(N)c1. The van der Waals surface area contributed by atoms with Crippen molar-refractivity contribution in [3.05, 3.63) is 29.8 Å². The number of nitrogens with one attached hydrogen (secondary N) is 1. The van der Waals surface area contributed by atoms with E-state index < -0.39 is 0 Å². The Kier molecular flexibility index (Phi) is 4.20. The van der Waals surface area contributed by atoms with Gasteiger partial charge in [0.1, 0.15) is 0 Å². The first kappa shape index (κ1) is 12.9. The zero-order valence-electron chi connectivity index (χ0n) is 10.9. The molecule has 0 saturated heterocycles. The van der Waals surface area contributed by atoms with Crippen LogP contribution in [0.25, 0.3) is 0 Å². The lowest BCUT2D eigenvalue weighted by atomic mass is 10.2. The van der Waals surface area contributed by atoms with Crippen molar-refractivity contribution in [1.82, 2.24) is 10.2 Å².